The summed E-state index contributed by atoms with van der Waals surface area (Å²) < 4.78 is 25.9. The van der Waals surface area contributed by atoms with E-state index in [1.807, 2.05) is 36.4 Å². The second kappa shape index (κ2) is 5.43. The lowest BCUT2D eigenvalue weighted by Gasteiger charge is -1.98. The largest absolute Gasteiger partial charge is 0.356 e. The van der Waals surface area contributed by atoms with Crippen LogP contribution in [-0.2, 0) is 10.1 Å². The molecule has 1 heterocycles. The molecular formula is C10H11NO4S. The second-order valence-electron chi connectivity index (χ2n) is 2.98. The van der Waals surface area contributed by atoms with E-state index in [2.05, 4.69) is 5.16 Å². The minimum atomic E-state index is -3.67. The first kappa shape index (κ1) is 12.4. The average molecular weight is 241 g/mol. The second-order valence-corrected chi connectivity index (χ2v) is 4.44. The van der Waals surface area contributed by atoms with Crippen molar-refractivity contribution < 1.29 is 17.8 Å². The van der Waals surface area contributed by atoms with E-state index in [-0.39, 0.29) is 0 Å². The minimum Gasteiger partial charge on any atom is -0.356 e. The van der Waals surface area contributed by atoms with Crippen molar-refractivity contribution in [2.75, 3.05) is 6.26 Å². The number of benzene rings is 1. The van der Waals surface area contributed by atoms with Crippen molar-refractivity contribution in [3.8, 4) is 5.75 Å². The molecule has 0 spiro atoms. The highest BCUT2D eigenvalue weighted by molar-refractivity contribution is 7.85. The molecule has 0 unspecified atom stereocenters. The highest BCUT2D eigenvalue weighted by atomic mass is 32.2. The molecule has 1 aromatic carbocycles. The van der Waals surface area contributed by atoms with Gasteiger partial charge < -0.3 is 4.84 Å². The first-order valence-electron chi connectivity index (χ1n) is 4.35. The van der Waals surface area contributed by atoms with Gasteiger partial charge in [0, 0.05) is 5.56 Å². The quantitative estimate of drug-likeness (QED) is 0.700. The van der Waals surface area contributed by atoms with Crippen LogP contribution in [0.2, 0.25) is 0 Å². The monoisotopic (exact) mass is 241 g/mol. The van der Waals surface area contributed by atoms with Gasteiger partial charge in [0.1, 0.15) is 0 Å². The van der Waals surface area contributed by atoms with Crippen molar-refractivity contribution in [2.24, 2.45) is 5.16 Å². The fraction of sp³-hybridized carbons (Fsp3) is 0.100. The smallest absolute Gasteiger partial charge is 0.261 e. The zero-order valence-electron chi connectivity index (χ0n) is 8.57. The highest BCUT2D eigenvalue weighted by Gasteiger charge is 1.99. The Labute approximate surface area is 93.8 Å². The van der Waals surface area contributed by atoms with E-state index in [0.29, 0.717) is 6.26 Å². The van der Waals surface area contributed by atoms with Crippen LogP contribution in [-0.4, -0.2) is 25.4 Å². The number of hydrogen-bond donors (Lipinski definition) is 1. The summed E-state index contributed by atoms with van der Waals surface area (Å²) in [5.41, 5.74) is 1.06. The van der Waals surface area contributed by atoms with Crippen LogP contribution in [0, 0.1) is 0 Å². The summed E-state index contributed by atoms with van der Waals surface area (Å²) in [5.74, 6) is 0.803. The number of allylic oxidation sites excluding steroid dienone is 1. The Morgan fingerprint density at radius 1 is 1.31 bits per heavy atom. The van der Waals surface area contributed by atoms with Gasteiger partial charge in [-0.2, -0.15) is 8.42 Å². The average Bonchev–Trinajstić information content (AvgIpc) is 2.39. The van der Waals surface area contributed by atoms with E-state index in [4.69, 9.17) is 9.39 Å². The molecule has 0 atom stereocenters. The summed E-state index contributed by atoms with van der Waals surface area (Å²) in [6.07, 6.45) is 6.16. The summed E-state index contributed by atoms with van der Waals surface area (Å²) >= 11 is 0. The molecule has 86 valence electrons. The Morgan fingerprint density at radius 2 is 1.94 bits per heavy atom. The first-order valence-corrected chi connectivity index (χ1v) is 6.20. The summed E-state index contributed by atoms with van der Waals surface area (Å²) in [4.78, 5) is 5.06. The van der Waals surface area contributed by atoms with Crippen molar-refractivity contribution in [3.63, 3.8) is 0 Å². The third-order valence-corrected chi connectivity index (χ3v) is 1.49. The van der Waals surface area contributed by atoms with Gasteiger partial charge in [0.05, 0.1) is 12.5 Å². The molecule has 0 amide bonds. The molecule has 16 heavy (non-hydrogen) atoms. The maximum atomic E-state index is 9.19. The Bertz CT molecular complexity index is 497. The first-order chi connectivity index (χ1) is 7.47. The zero-order chi connectivity index (χ0) is 12.0. The molecule has 1 N–H and O–H groups in total. The van der Waals surface area contributed by atoms with E-state index in [1.165, 1.54) is 0 Å². The minimum absolute atomic E-state index is 0.715. The number of nitrogens with zero attached hydrogens (tertiary/aromatic N) is 1. The van der Waals surface area contributed by atoms with Crippen LogP contribution in [0.25, 0.3) is 6.08 Å². The predicted octanol–water partition coefficient (Wildman–Crippen LogP) is 1.58. The lowest BCUT2D eigenvalue weighted by atomic mass is 10.2. The van der Waals surface area contributed by atoms with E-state index in [1.54, 1.807) is 6.21 Å². The summed E-state index contributed by atoms with van der Waals surface area (Å²) in [7, 11) is -3.67. The molecule has 1 aliphatic rings. The van der Waals surface area contributed by atoms with E-state index in [0.717, 1.165) is 11.3 Å². The molecule has 0 saturated heterocycles. The molecule has 0 radical (unpaired) electrons. The third kappa shape index (κ3) is 5.28. The number of oxime groups is 1. The van der Waals surface area contributed by atoms with Crippen molar-refractivity contribution in [1.29, 1.82) is 0 Å². The van der Waals surface area contributed by atoms with Gasteiger partial charge in [-0.05, 0) is 18.2 Å². The maximum Gasteiger partial charge on any atom is 0.261 e. The number of hydrogen-bond acceptors (Lipinski definition) is 4. The Hall–Kier alpha value is -1.66. The van der Waals surface area contributed by atoms with Crippen molar-refractivity contribution in [3.05, 3.63) is 35.9 Å². The van der Waals surface area contributed by atoms with Gasteiger partial charge in [-0.3, -0.25) is 4.55 Å². The van der Waals surface area contributed by atoms with Crippen molar-refractivity contribution in [1.82, 2.24) is 0 Å². The van der Waals surface area contributed by atoms with Crippen LogP contribution in [0.1, 0.15) is 5.56 Å². The van der Waals surface area contributed by atoms with Crippen LogP contribution >= 0.6 is 0 Å². The number of rotatable bonds is 0. The van der Waals surface area contributed by atoms with Crippen LogP contribution in [0.3, 0.4) is 0 Å². The fourth-order valence-electron chi connectivity index (χ4n) is 0.970. The molecule has 0 aliphatic carbocycles. The van der Waals surface area contributed by atoms with Crippen molar-refractivity contribution >= 4 is 22.4 Å². The molecule has 1 aromatic rings. The lowest BCUT2D eigenvalue weighted by molar-refractivity contribution is 0.344. The molecule has 5 nitrogen and oxygen atoms in total. The molecule has 1 aliphatic heterocycles. The van der Waals surface area contributed by atoms with E-state index in [9.17, 15) is 8.42 Å². The summed E-state index contributed by atoms with van der Waals surface area (Å²) in [6.45, 7) is 0. The van der Waals surface area contributed by atoms with Gasteiger partial charge in [0.15, 0.2) is 5.75 Å². The molecule has 0 aromatic heterocycles. The van der Waals surface area contributed by atoms with Gasteiger partial charge in [-0.15, -0.1) is 0 Å². The topological polar surface area (TPSA) is 76.0 Å². The van der Waals surface area contributed by atoms with E-state index < -0.39 is 10.1 Å². The van der Waals surface area contributed by atoms with E-state index >= 15 is 0 Å². The zero-order valence-corrected chi connectivity index (χ0v) is 9.39. The van der Waals surface area contributed by atoms with Crippen LogP contribution in [0.5, 0.6) is 5.75 Å². The molecule has 6 heteroatoms. The van der Waals surface area contributed by atoms with Gasteiger partial charge in [-0.25, -0.2) is 0 Å². The van der Waals surface area contributed by atoms with Crippen LogP contribution in [0.4, 0.5) is 0 Å². The summed E-state index contributed by atoms with van der Waals surface area (Å²) in [6, 6.07) is 7.77. The Kier molecular flexibility index (Phi) is 4.21. The van der Waals surface area contributed by atoms with Gasteiger partial charge in [0.25, 0.3) is 10.1 Å². The maximum absolute atomic E-state index is 9.19. The predicted molar refractivity (Wildman–Crippen MR) is 62.1 cm³/mol. The van der Waals surface area contributed by atoms with Gasteiger partial charge in [-0.1, -0.05) is 23.4 Å². The van der Waals surface area contributed by atoms with Crippen LogP contribution < -0.4 is 4.84 Å². The molecule has 0 bridgehead atoms. The lowest BCUT2D eigenvalue weighted by Crippen LogP contribution is -1.88. The van der Waals surface area contributed by atoms with Gasteiger partial charge in [0.2, 0.25) is 0 Å². The Balaban J connectivity index is 0.000000221. The highest BCUT2D eigenvalue weighted by Crippen LogP contribution is 2.20. The number of para-hydroxylation sites is 1. The SMILES string of the molecule is C1=Cc2ccccc2ON=C1.CS(=O)(=O)O. The normalized spacial score (nSPS) is 12.9. The Morgan fingerprint density at radius 3 is 2.62 bits per heavy atom. The number of fused-ring (bicyclic) bond motifs is 1. The molecule has 0 fully saturated rings. The van der Waals surface area contributed by atoms with Gasteiger partial charge >= 0.3 is 0 Å². The standard InChI is InChI=1S/C9H7NO.CH4O3S/c1-2-6-9-8(4-1)5-3-7-10-11-9;1-5(2,3)4/h1-7H;1H3,(H,2,3,4). The summed E-state index contributed by atoms with van der Waals surface area (Å²) in [5, 5.41) is 3.70. The molecule has 2 rings (SSSR count). The third-order valence-electron chi connectivity index (χ3n) is 1.49. The molecule has 0 saturated carbocycles. The molecular weight excluding hydrogens is 230 g/mol. The van der Waals surface area contributed by atoms with Crippen LogP contribution in [0.15, 0.2) is 35.5 Å². The van der Waals surface area contributed by atoms with Crippen molar-refractivity contribution in [2.45, 2.75) is 0 Å². The fourth-order valence-corrected chi connectivity index (χ4v) is 0.970.